The summed E-state index contributed by atoms with van der Waals surface area (Å²) in [6.45, 7) is 1.50. The van der Waals surface area contributed by atoms with Crippen LogP contribution in [0.3, 0.4) is 0 Å². The van der Waals surface area contributed by atoms with Crippen molar-refractivity contribution in [2.75, 3.05) is 13.7 Å². The third-order valence-electron chi connectivity index (χ3n) is 5.00. The molecule has 3 aromatic rings. The number of hydrogen-bond acceptors (Lipinski definition) is 7. The average Bonchev–Trinajstić information content (AvgIpc) is 3.32. The summed E-state index contributed by atoms with van der Waals surface area (Å²) in [6, 6.07) is 15.6. The number of nitrogens with one attached hydrogen (secondary N) is 2. The monoisotopic (exact) mass is 453 g/mol. The van der Waals surface area contributed by atoms with E-state index in [1.165, 1.54) is 10.5 Å². The van der Waals surface area contributed by atoms with Gasteiger partial charge in [-0.25, -0.2) is 15.0 Å². The van der Waals surface area contributed by atoms with Gasteiger partial charge in [0, 0.05) is 35.8 Å². The second kappa shape index (κ2) is 11.2. The Morgan fingerprint density at radius 1 is 1.25 bits per heavy atom. The first-order valence-corrected chi connectivity index (χ1v) is 11.7. The van der Waals surface area contributed by atoms with E-state index in [0.717, 1.165) is 37.2 Å². The van der Waals surface area contributed by atoms with E-state index in [9.17, 15) is 4.79 Å². The van der Waals surface area contributed by atoms with Crippen LogP contribution >= 0.6 is 11.8 Å². The molecule has 1 amide bonds. The zero-order chi connectivity index (χ0) is 22.2. The van der Waals surface area contributed by atoms with Crippen molar-refractivity contribution in [3.05, 3.63) is 71.5 Å². The molecular weight excluding hydrogens is 426 g/mol. The number of hydroxylamine groups is 1. The summed E-state index contributed by atoms with van der Waals surface area (Å²) in [7, 11) is 1.94. The van der Waals surface area contributed by atoms with Crippen LogP contribution in [0.5, 0.6) is 0 Å². The highest BCUT2D eigenvalue weighted by Gasteiger charge is 2.16. The minimum atomic E-state index is -0.384. The van der Waals surface area contributed by atoms with Gasteiger partial charge < -0.3 is 10.1 Å². The van der Waals surface area contributed by atoms with Crippen molar-refractivity contribution in [3.8, 4) is 5.69 Å². The predicted octanol–water partition coefficient (Wildman–Crippen LogP) is 3.47. The number of rotatable bonds is 9. The fourth-order valence-electron chi connectivity index (χ4n) is 3.37. The van der Waals surface area contributed by atoms with Crippen molar-refractivity contribution in [3.63, 3.8) is 0 Å². The lowest BCUT2D eigenvalue weighted by atomic mass is 10.2. The van der Waals surface area contributed by atoms with Gasteiger partial charge >= 0.3 is 0 Å². The molecule has 2 aromatic carbocycles. The van der Waals surface area contributed by atoms with Gasteiger partial charge in [-0.05, 0) is 55.8 Å². The Labute approximate surface area is 191 Å². The highest BCUT2D eigenvalue weighted by Crippen LogP contribution is 2.23. The van der Waals surface area contributed by atoms with Crippen LogP contribution in [-0.2, 0) is 21.9 Å². The maximum Gasteiger partial charge on any atom is 0.275 e. The largest absolute Gasteiger partial charge is 0.350 e. The van der Waals surface area contributed by atoms with Crippen molar-refractivity contribution < 1.29 is 14.4 Å². The van der Waals surface area contributed by atoms with Gasteiger partial charge in [-0.2, -0.15) is 0 Å². The first kappa shape index (κ1) is 22.5. The molecule has 0 spiro atoms. The Hall–Kier alpha value is -2.72. The topological polar surface area (TPSA) is 90.3 Å². The van der Waals surface area contributed by atoms with Gasteiger partial charge in [0.1, 0.15) is 0 Å². The minimum Gasteiger partial charge on any atom is -0.350 e. The van der Waals surface area contributed by atoms with Gasteiger partial charge in [0.2, 0.25) is 0 Å². The van der Waals surface area contributed by atoms with E-state index in [0.29, 0.717) is 17.9 Å². The Bertz CT molecular complexity index is 1040. The van der Waals surface area contributed by atoms with Crippen molar-refractivity contribution in [2.45, 2.75) is 42.7 Å². The zero-order valence-corrected chi connectivity index (χ0v) is 18.8. The molecule has 8 nitrogen and oxygen atoms in total. The van der Waals surface area contributed by atoms with Crippen molar-refractivity contribution in [2.24, 2.45) is 0 Å². The van der Waals surface area contributed by atoms with E-state index in [1.807, 2.05) is 25.4 Å². The summed E-state index contributed by atoms with van der Waals surface area (Å²) < 4.78 is 7.14. The fraction of sp³-hybridized carbons (Fsp3) is 0.348. The summed E-state index contributed by atoms with van der Waals surface area (Å²) in [4.78, 5) is 19.0. The Morgan fingerprint density at radius 2 is 2.16 bits per heavy atom. The SMILES string of the molecule is CNCc1cccc(SCc2cn(-c3cccc(C(=O)NOC4CCCCO4)c3)nn2)c1. The molecule has 2 N–H and O–H groups in total. The molecule has 1 aliphatic rings. The van der Waals surface area contributed by atoms with Crippen molar-refractivity contribution in [1.29, 1.82) is 0 Å². The molecule has 9 heteroatoms. The smallest absolute Gasteiger partial charge is 0.275 e. The highest BCUT2D eigenvalue weighted by atomic mass is 32.2. The summed E-state index contributed by atoms with van der Waals surface area (Å²) in [5.41, 5.74) is 5.83. The summed E-state index contributed by atoms with van der Waals surface area (Å²) in [5, 5.41) is 11.7. The number of amides is 1. The first-order chi connectivity index (χ1) is 15.7. The summed E-state index contributed by atoms with van der Waals surface area (Å²) in [5.74, 6) is 0.386. The zero-order valence-electron chi connectivity index (χ0n) is 18.0. The van der Waals surface area contributed by atoms with Crippen LogP contribution < -0.4 is 10.8 Å². The van der Waals surface area contributed by atoms with Crippen LogP contribution in [0, 0.1) is 0 Å². The second-order valence-electron chi connectivity index (χ2n) is 7.52. The quantitative estimate of drug-likeness (QED) is 0.379. The van der Waals surface area contributed by atoms with Gasteiger partial charge in [0.15, 0.2) is 6.29 Å². The van der Waals surface area contributed by atoms with Gasteiger partial charge in [0.25, 0.3) is 5.91 Å². The molecular formula is C23H27N5O3S. The molecule has 0 saturated carbocycles. The molecule has 168 valence electrons. The number of carbonyl (C=O) groups excluding carboxylic acids is 1. The Kier molecular flexibility index (Phi) is 7.89. The molecule has 1 aliphatic heterocycles. The Morgan fingerprint density at radius 3 is 3.00 bits per heavy atom. The third-order valence-corrected chi connectivity index (χ3v) is 6.03. The Balaban J connectivity index is 1.35. The molecule has 4 rings (SSSR count). The summed E-state index contributed by atoms with van der Waals surface area (Å²) in [6.07, 6.45) is 4.33. The fourth-order valence-corrected chi connectivity index (χ4v) is 4.23. The van der Waals surface area contributed by atoms with E-state index in [-0.39, 0.29) is 12.2 Å². The van der Waals surface area contributed by atoms with Crippen LogP contribution in [0.4, 0.5) is 0 Å². The number of nitrogens with zero attached hydrogens (tertiary/aromatic N) is 3. The van der Waals surface area contributed by atoms with E-state index in [1.54, 1.807) is 28.6 Å². The first-order valence-electron chi connectivity index (χ1n) is 10.7. The second-order valence-corrected chi connectivity index (χ2v) is 8.57. The van der Waals surface area contributed by atoms with E-state index in [4.69, 9.17) is 9.57 Å². The molecule has 1 aromatic heterocycles. The minimum absolute atomic E-state index is 0.321. The van der Waals surface area contributed by atoms with Crippen LogP contribution in [0.25, 0.3) is 5.69 Å². The number of aromatic nitrogens is 3. The molecule has 32 heavy (non-hydrogen) atoms. The van der Waals surface area contributed by atoms with Crippen LogP contribution in [0.2, 0.25) is 0 Å². The number of hydrogen-bond donors (Lipinski definition) is 2. The van der Waals surface area contributed by atoms with E-state index >= 15 is 0 Å². The van der Waals surface area contributed by atoms with E-state index < -0.39 is 0 Å². The van der Waals surface area contributed by atoms with Crippen LogP contribution in [0.1, 0.15) is 40.9 Å². The van der Waals surface area contributed by atoms with Gasteiger partial charge in [-0.1, -0.05) is 23.4 Å². The van der Waals surface area contributed by atoms with Gasteiger partial charge in [0.05, 0.1) is 17.6 Å². The summed E-state index contributed by atoms with van der Waals surface area (Å²) >= 11 is 1.71. The standard InChI is InChI=1S/C23H27N5O3S/c1-24-14-17-6-4-9-21(12-17)32-16-19-15-28(27-25-19)20-8-5-7-18(13-20)23(29)26-31-22-10-2-3-11-30-22/h4-9,12-13,15,22,24H,2-3,10-11,14,16H2,1H3,(H,26,29). The number of ether oxygens (including phenoxy) is 1. The molecule has 1 unspecified atom stereocenters. The highest BCUT2D eigenvalue weighted by molar-refractivity contribution is 7.98. The number of benzene rings is 2. The number of thioether (sulfide) groups is 1. The third kappa shape index (κ3) is 6.17. The van der Waals surface area contributed by atoms with E-state index in [2.05, 4.69) is 45.4 Å². The van der Waals surface area contributed by atoms with Crippen LogP contribution in [0.15, 0.2) is 59.6 Å². The molecule has 0 radical (unpaired) electrons. The lowest BCUT2D eigenvalue weighted by Crippen LogP contribution is -2.33. The lowest BCUT2D eigenvalue weighted by molar-refractivity contribution is -0.186. The molecule has 1 saturated heterocycles. The molecule has 1 atom stereocenters. The maximum absolute atomic E-state index is 12.5. The average molecular weight is 454 g/mol. The maximum atomic E-state index is 12.5. The van der Waals surface area contributed by atoms with Crippen molar-refractivity contribution >= 4 is 17.7 Å². The normalized spacial score (nSPS) is 16.1. The molecule has 1 fully saturated rings. The number of carbonyl (C=O) groups is 1. The van der Waals surface area contributed by atoms with Crippen LogP contribution in [-0.4, -0.2) is 40.8 Å². The van der Waals surface area contributed by atoms with Crippen molar-refractivity contribution in [1.82, 2.24) is 25.8 Å². The van der Waals surface area contributed by atoms with Gasteiger partial charge in [-0.3, -0.25) is 4.79 Å². The predicted molar refractivity (Wildman–Crippen MR) is 122 cm³/mol. The molecule has 0 aliphatic carbocycles. The van der Waals surface area contributed by atoms with Gasteiger partial charge in [-0.15, -0.1) is 16.9 Å². The molecule has 0 bridgehead atoms. The molecule has 2 heterocycles. The lowest BCUT2D eigenvalue weighted by Gasteiger charge is -2.22.